The fourth-order valence-corrected chi connectivity index (χ4v) is 2.21. The molecule has 1 aromatic rings. The van der Waals surface area contributed by atoms with Crippen LogP contribution in [0.4, 0.5) is 5.69 Å². The summed E-state index contributed by atoms with van der Waals surface area (Å²) in [6.45, 7) is 4.37. The Morgan fingerprint density at radius 2 is 2.36 bits per heavy atom. The lowest BCUT2D eigenvalue weighted by Crippen LogP contribution is -2.22. The third-order valence-electron chi connectivity index (χ3n) is 2.60. The van der Waals surface area contributed by atoms with E-state index in [-0.39, 0.29) is 0 Å². The van der Waals surface area contributed by atoms with E-state index in [1.807, 2.05) is 0 Å². The zero-order chi connectivity index (χ0) is 9.97. The zero-order valence-corrected chi connectivity index (χ0v) is 10.5. The van der Waals surface area contributed by atoms with Crippen molar-refractivity contribution in [1.29, 1.82) is 0 Å². The molecule has 1 unspecified atom stereocenters. The minimum absolute atomic E-state index is 0.605. The highest BCUT2D eigenvalue weighted by molar-refractivity contribution is 14.1. The number of benzene rings is 1. The summed E-state index contributed by atoms with van der Waals surface area (Å²) < 4.78 is 1.33. The highest BCUT2D eigenvalue weighted by atomic mass is 127. The Bertz CT molecular complexity index is 319. The van der Waals surface area contributed by atoms with Crippen molar-refractivity contribution in [2.24, 2.45) is 0 Å². The summed E-state index contributed by atoms with van der Waals surface area (Å²) in [7, 11) is 0. The molecule has 2 rings (SSSR count). The molecule has 1 heterocycles. The summed E-state index contributed by atoms with van der Waals surface area (Å²) in [6, 6.07) is 7.16. The second-order valence-electron chi connectivity index (χ2n) is 3.80. The van der Waals surface area contributed by atoms with Gasteiger partial charge in [0, 0.05) is 21.8 Å². The Morgan fingerprint density at radius 3 is 3.00 bits per heavy atom. The predicted molar refractivity (Wildman–Crippen MR) is 68.8 cm³/mol. The summed E-state index contributed by atoms with van der Waals surface area (Å²) >= 11 is 2.38. The van der Waals surface area contributed by atoms with Crippen LogP contribution in [0.1, 0.15) is 12.0 Å². The highest BCUT2D eigenvalue weighted by Gasteiger charge is 2.13. The molecule has 1 fully saturated rings. The fourth-order valence-electron chi connectivity index (χ4n) is 1.70. The van der Waals surface area contributed by atoms with Crippen molar-refractivity contribution in [2.45, 2.75) is 19.4 Å². The van der Waals surface area contributed by atoms with Crippen molar-refractivity contribution < 1.29 is 0 Å². The summed E-state index contributed by atoms with van der Waals surface area (Å²) in [5.74, 6) is 0. The van der Waals surface area contributed by atoms with E-state index >= 15 is 0 Å². The number of anilines is 1. The van der Waals surface area contributed by atoms with Gasteiger partial charge in [0.2, 0.25) is 0 Å². The Balaban J connectivity index is 2.05. The van der Waals surface area contributed by atoms with Crippen LogP contribution < -0.4 is 10.6 Å². The third kappa shape index (κ3) is 2.39. The van der Waals surface area contributed by atoms with Crippen molar-refractivity contribution in [3.05, 3.63) is 27.3 Å². The summed E-state index contributed by atoms with van der Waals surface area (Å²) in [5.41, 5.74) is 2.59. The van der Waals surface area contributed by atoms with Gasteiger partial charge < -0.3 is 10.6 Å². The van der Waals surface area contributed by atoms with Gasteiger partial charge in [-0.05, 0) is 60.2 Å². The molecule has 14 heavy (non-hydrogen) atoms. The predicted octanol–water partition coefficient (Wildman–Crippen LogP) is 2.37. The topological polar surface area (TPSA) is 24.1 Å². The van der Waals surface area contributed by atoms with Crippen LogP contribution in [0, 0.1) is 10.5 Å². The maximum atomic E-state index is 3.54. The fraction of sp³-hybridized carbons (Fsp3) is 0.455. The quantitative estimate of drug-likeness (QED) is 0.820. The maximum Gasteiger partial charge on any atom is 0.0398 e. The lowest BCUT2D eigenvalue weighted by molar-refractivity contribution is 0.793. The standard InChI is InChI=1S/C11H15IN2/c1-8-2-3-9(6-11(8)12)14-10-4-5-13-7-10/h2-3,6,10,13-14H,4-5,7H2,1H3. The summed E-state index contributed by atoms with van der Waals surface area (Å²) in [6.07, 6.45) is 1.23. The first-order valence-electron chi connectivity index (χ1n) is 4.99. The average Bonchev–Trinajstić information content (AvgIpc) is 2.64. The first-order valence-corrected chi connectivity index (χ1v) is 6.07. The molecule has 0 amide bonds. The molecule has 1 atom stereocenters. The highest BCUT2D eigenvalue weighted by Crippen LogP contribution is 2.18. The van der Waals surface area contributed by atoms with Crippen LogP contribution in [0.5, 0.6) is 0 Å². The molecular weight excluding hydrogens is 287 g/mol. The maximum absolute atomic E-state index is 3.54. The van der Waals surface area contributed by atoms with E-state index in [1.165, 1.54) is 21.2 Å². The molecule has 0 bridgehead atoms. The molecule has 2 N–H and O–H groups in total. The van der Waals surface area contributed by atoms with Gasteiger partial charge in [0.05, 0.1) is 0 Å². The average molecular weight is 302 g/mol. The van der Waals surface area contributed by atoms with E-state index in [1.54, 1.807) is 0 Å². The Labute approximate surface area is 98.6 Å². The van der Waals surface area contributed by atoms with Crippen molar-refractivity contribution in [3.63, 3.8) is 0 Å². The van der Waals surface area contributed by atoms with Crippen LogP contribution >= 0.6 is 22.6 Å². The second-order valence-corrected chi connectivity index (χ2v) is 4.96. The van der Waals surface area contributed by atoms with E-state index in [0.717, 1.165) is 13.1 Å². The van der Waals surface area contributed by atoms with E-state index in [9.17, 15) is 0 Å². The molecular formula is C11H15IN2. The van der Waals surface area contributed by atoms with Gasteiger partial charge in [0.15, 0.2) is 0 Å². The second kappa shape index (κ2) is 4.49. The Morgan fingerprint density at radius 1 is 1.50 bits per heavy atom. The molecule has 0 spiro atoms. The molecule has 0 aliphatic carbocycles. The number of nitrogens with one attached hydrogen (secondary N) is 2. The lowest BCUT2D eigenvalue weighted by Gasteiger charge is -2.13. The van der Waals surface area contributed by atoms with Crippen LogP contribution in [-0.2, 0) is 0 Å². The van der Waals surface area contributed by atoms with E-state index in [4.69, 9.17) is 0 Å². The molecule has 3 heteroatoms. The number of hydrogen-bond donors (Lipinski definition) is 2. The van der Waals surface area contributed by atoms with Crippen molar-refractivity contribution in [3.8, 4) is 0 Å². The largest absolute Gasteiger partial charge is 0.381 e. The zero-order valence-electron chi connectivity index (χ0n) is 8.31. The first-order chi connectivity index (χ1) is 6.75. The van der Waals surface area contributed by atoms with Crippen molar-refractivity contribution >= 4 is 28.3 Å². The van der Waals surface area contributed by atoms with Crippen molar-refractivity contribution in [2.75, 3.05) is 18.4 Å². The third-order valence-corrected chi connectivity index (χ3v) is 3.77. The van der Waals surface area contributed by atoms with Gasteiger partial charge in [-0.3, -0.25) is 0 Å². The van der Waals surface area contributed by atoms with Gasteiger partial charge in [-0.25, -0.2) is 0 Å². The lowest BCUT2D eigenvalue weighted by atomic mass is 10.2. The van der Waals surface area contributed by atoms with E-state index in [0.29, 0.717) is 6.04 Å². The van der Waals surface area contributed by atoms with Gasteiger partial charge in [-0.1, -0.05) is 6.07 Å². The minimum atomic E-state index is 0.605. The molecule has 0 saturated carbocycles. The van der Waals surface area contributed by atoms with Gasteiger partial charge in [-0.2, -0.15) is 0 Å². The molecule has 2 nitrogen and oxygen atoms in total. The first kappa shape index (κ1) is 10.2. The molecule has 1 aliphatic heterocycles. The molecule has 1 saturated heterocycles. The van der Waals surface area contributed by atoms with Gasteiger partial charge >= 0.3 is 0 Å². The minimum Gasteiger partial charge on any atom is -0.381 e. The number of aryl methyl sites for hydroxylation is 1. The van der Waals surface area contributed by atoms with Crippen LogP contribution in [-0.4, -0.2) is 19.1 Å². The Hall–Kier alpha value is -0.290. The number of rotatable bonds is 2. The van der Waals surface area contributed by atoms with Crippen molar-refractivity contribution in [1.82, 2.24) is 5.32 Å². The monoisotopic (exact) mass is 302 g/mol. The van der Waals surface area contributed by atoms with Crippen LogP contribution in [0.3, 0.4) is 0 Å². The van der Waals surface area contributed by atoms with Crippen LogP contribution in [0.15, 0.2) is 18.2 Å². The summed E-state index contributed by atoms with van der Waals surface area (Å²) in [5, 5.41) is 6.90. The SMILES string of the molecule is Cc1ccc(NC2CCNC2)cc1I. The molecule has 0 aromatic heterocycles. The Kier molecular flexibility index (Phi) is 3.28. The molecule has 0 radical (unpaired) electrons. The van der Waals surface area contributed by atoms with Gasteiger partial charge in [-0.15, -0.1) is 0 Å². The van der Waals surface area contributed by atoms with Gasteiger partial charge in [0.1, 0.15) is 0 Å². The molecule has 1 aliphatic rings. The van der Waals surface area contributed by atoms with E-state index in [2.05, 4.69) is 58.3 Å². The normalized spacial score (nSPS) is 21.1. The molecule has 1 aromatic carbocycles. The van der Waals surface area contributed by atoms with Gasteiger partial charge in [0.25, 0.3) is 0 Å². The summed E-state index contributed by atoms with van der Waals surface area (Å²) in [4.78, 5) is 0. The van der Waals surface area contributed by atoms with E-state index < -0.39 is 0 Å². The number of hydrogen-bond acceptors (Lipinski definition) is 2. The van der Waals surface area contributed by atoms with Crippen LogP contribution in [0.2, 0.25) is 0 Å². The smallest absolute Gasteiger partial charge is 0.0398 e. The van der Waals surface area contributed by atoms with Crippen LogP contribution in [0.25, 0.3) is 0 Å². The molecule has 76 valence electrons. The number of halogens is 1.